The minimum Gasteiger partial charge on any atom is -0.340 e. The van der Waals surface area contributed by atoms with Crippen LogP contribution < -0.4 is 0 Å². The first-order chi connectivity index (χ1) is 10.2. The Hall–Kier alpha value is -2.36. The molecule has 0 saturated heterocycles. The Morgan fingerprint density at radius 3 is 2.57 bits per heavy atom. The normalized spacial score (nSPS) is 11.3. The molecule has 0 aliphatic carbocycles. The van der Waals surface area contributed by atoms with Gasteiger partial charge in [-0.15, -0.1) is 0 Å². The number of para-hydroxylation sites is 1. The molecule has 0 amide bonds. The molecule has 1 aromatic heterocycles. The van der Waals surface area contributed by atoms with Crippen molar-refractivity contribution < 1.29 is 4.92 Å². The van der Waals surface area contributed by atoms with Gasteiger partial charge < -0.3 is 4.57 Å². The third-order valence-corrected chi connectivity index (χ3v) is 3.95. The summed E-state index contributed by atoms with van der Waals surface area (Å²) in [4.78, 5) is 10.7. The average Bonchev–Trinajstić information content (AvgIpc) is 2.81. The molecular weight excluding hydrogens is 264 g/mol. The van der Waals surface area contributed by atoms with Gasteiger partial charge in [-0.05, 0) is 18.6 Å². The van der Waals surface area contributed by atoms with Gasteiger partial charge in [0.2, 0.25) is 0 Å². The minimum atomic E-state index is -0.331. The van der Waals surface area contributed by atoms with Crippen molar-refractivity contribution >= 4 is 27.5 Å². The molecule has 0 atom stereocenters. The van der Waals surface area contributed by atoms with Gasteiger partial charge in [0.05, 0.1) is 4.92 Å². The van der Waals surface area contributed by atoms with Crippen LogP contribution >= 0.6 is 0 Å². The van der Waals surface area contributed by atoms with Crippen LogP contribution in [-0.4, -0.2) is 9.49 Å². The second-order valence-corrected chi connectivity index (χ2v) is 5.33. The highest BCUT2D eigenvalue weighted by Gasteiger charge is 2.13. The molecule has 0 aliphatic heterocycles. The van der Waals surface area contributed by atoms with Gasteiger partial charge in [0.15, 0.2) is 0 Å². The molecule has 108 valence electrons. The first kappa shape index (κ1) is 13.6. The lowest BCUT2D eigenvalue weighted by Crippen LogP contribution is -1.97. The Morgan fingerprint density at radius 1 is 1.05 bits per heavy atom. The van der Waals surface area contributed by atoms with Crippen molar-refractivity contribution in [2.24, 2.45) is 0 Å². The van der Waals surface area contributed by atoms with Gasteiger partial charge >= 0.3 is 0 Å². The Bertz CT molecular complexity index is 805. The van der Waals surface area contributed by atoms with Gasteiger partial charge in [-0.2, -0.15) is 0 Å². The number of aromatic nitrogens is 1. The number of benzene rings is 2. The van der Waals surface area contributed by atoms with Crippen molar-refractivity contribution in [2.75, 3.05) is 0 Å². The zero-order chi connectivity index (χ0) is 14.8. The summed E-state index contributed by atoms with van der Waals surface area (Å²) in [6.07, 6.45) is 3.50. The molecule has 0 radical (unpaired) electrons. The van der Waals surface area contributed by atoms with Crippen LogP contribution in [0.1, 0.15) is 26.2 Å². The Kier molecular flexibility index (Phi) is 3.60. The number of nitro benzene ring substituents is 1. The van der Waals surface area contributed by atoms with Gasteiger partial charge in [0.1, 0.15) is 0 Å². The maximum absolute atomic E-state index is 11.0. The lowest BCUT2D eigenvalue weighted by Gasteiger charge is -2.06. The average molecular weight is 282 g/mol. The molecule has 1 heterocycles. The standard InChI is InChI=1S/C17H18N2O2/c1-2-3-6-11-18-16-8-5-4-7-14(16)15-12-13(19(20)21)9-10-17(15)18/h4-5,7-10,12H,2-3,6,11H2,1H3. The fraction of sp³-hybridized carbons (Fsp3) is 0.294. The summed E-state index contributed by atoms with van der Waals surface area (Å²) in [5.41, 5.74) is 2.39. The third kappa shape index (κ3) is 2.37. The van der Waals surface area contributed by atoms with E-state index in [2.05, 4.69) is 17.6 Å². The number of aryl methyl sites for hydroxylation is 1. The van der Waals surface area contributed by atoms with Crippen LogP contribution in [0, 0.1) is 10.1 Å². The summed E-state index contributed by atoms with van der Waals surface area (Å²) in [6.45, 7) is 3.14. The van der Waals surface area contributed by atoms with E-state index in [4.69, 9.17) is 0 Å². The number of fused-ring (bicyclic) bond motifs is 3. The monoisotopic (exact) mass is 282 g/mol. The summed E-state index contributed by atoms with van der Waals surface area (Å²) >= 11 is 0. The topological polar surface area (TPSA) is 48.1 Å². The number of unbranched alkanes of at least 4 members (excludes halogenated alkanes) is 2. The molecule has 21 heavy (non-hydrogen) atoms. The quantitative estimate of drug-likeness (QED) is 0.380. The molecule has 2 aromatic carbocycles. The van der Waals surface area contributed by atoms with E-state index in [0.717, 1.165) is 34.8 Å². The summed E-state index contributed by atoms with van der Waals surface area (Å²) in [6, 6.07) is 13.3. The number of non-ortho nitro benzene ring substituents is 1. The van der Waals surface area contributed by atoms with E-state index in [0.29, 0.717) is 0 Å². The molecule has 4 nitrogen and oxygen atoms in total. The Balaban J connectivity index is 2.21. The van der Waals surface area contributed by atoms with Crippen molar-refractivity contribution in [3.63, 3.8) is 0 Å². The largest absolute Gasteiger partial charge is 0.340 e. The van der Waals surface area contributed by atoms with Crippen LogP contribution in [0.25, 0.3) is 21.8 Å². The first-order valence-corrected chi connectivity index (χ1v) is 7.37. The van der Waals surface area contributed by atoms with E-state index in [1.165, 1.54) is 12.8 Å². The smallest absolute Gasteiger partial charge is 0.270 e. The number of nitro groups is 1. The third-order valence-electron chi connectivity index (χ3n) is 3.95. The number of hydrogen-bond acceptors (Lipinski definition) is 2. The number of rotatable bonds is 5. The summed E-state index contributed by atoms with van der Waals surface area (Å²) in [5.74, 6) is 0. The first-order valence-electron chi connectivity index (χ1n) is 7.37. The summed E-state index contributed by atoms with van der Waals surface area (Å²) < 4.78 is 2.28. The van der Waals surface area contributed by atoms with E-state index in [-0.39, 0.29) is 10.6 Å². The van der Waals surface area contributed by atoms with Crippen LogP contribution in [0.4, 0.5) is 5.69 Å². The SMILES string of the molecule is CCCCCn1c2ccccc2c2cc([N+](=O)[O-])ccc21. The van der Waals surface area contributed by atoms with Crippen molar-refractivity contribution in [1.82, 2.24) is 4.57 Å². The van der Waals surface area contributed by atoms with E-state index >= 15 is 0 Å². The molecule has 4 heteroatoms. The van der Waals surface area contributed by atoms with Gasteiger partial charge in [0, 0.05) is 40.5 Å². The van der Waals surface area contributed by atoms with Gasteiger partial charge in [-0.25, -0.2) is 0 Å². The van der Waals surface area contributed by atoms with Crippen molar-refractivity contribution in [3.8, 4) is 0 Å². The van der Waals surface area contributed by atoms with E-state index < -0.39 is 0 Å². The van der Waals surface area contributed by atoms with Crippen molar-refractivity contribution in [2.45, 2.75) is 32.7 Å². The molecule has 0 bridgehead atoms. The molecule has 0 spiro atoms. The summed E-state index contributed by atoms with van der Waals surface area (Å²) in [7, 11) is 0. The molecule has 3 aromatic rings. The highest BCUT2D eigenvalue weighted by molar-refractivity contribution is 6.08. The highest BCUT2D eigenvalue weighted by atomic mass is 16.6. The molecule has 0 fully saturated rings. The van der Waals surface area contributed by atoms with Crippen molar-refractivity contribution in [1.29, 1.82) is 0 Å². The predicted octanol–water partition coefficient (Wildman–Crippen LogP) is 4.89. The molecule has 3 rings (SSSR count). The second kappa shape index (κ2) is 5.56. The van der Waals surface area contributed by atoms with Crippen LogP contribution in [0.5, 0.6) is 0 Å². The molecule has 0 aliphatic rings. The lowest BCUT2D eigenvalue weighted by atomic mass is 10.1. The van der Waals surface area contributed by atoms with Crippen LogP contribution in [0.2, 0.25) is 0 Å². The van der Waals surface area contributed by atoms with E-state index in [1.807, 2.05) is 24.3 Å². The molecule has 0 N–H and O–H groups in total. The van der Waals surface area contributed by atoms with Crippen LogP contribution in [0.15, 0.2) is 42.5 Å². The molecule has 0 saturated carbocycles. The second-order valence-electron chi connectivity index (χ2n) is 5.33. The van der Waals surface area contributed by atoms with Crippen molar-refractivity contribution in [3.05, 3.63) is 52.6 Å². The zero-order valence-electron chi connectivity index (χ0n) is 12.1. The fourth-order valence-electron chi connectivity index (χ4n) is 2.92. The molecule has 0 unspecified atom stereocenters. The van der Waals surface area contributed by atoms with E-state index in [9.17, 15) is 10.1 Å². The molecular formula is C17H18N2O2. The summed E-state index contributed by atoms with van der Waals surface area (Å²) in [5, 5.41) is 13.1. The van der Waals surface area contributed by atoms with E-state index in [1.54, 1.807) is 12.1 Å². The Morgan fingerprint density at radius 2 is 1.81 bits per heavy atom. The lowest BCUT2D eigenvalue weighted by molar-refractivity contribution is -0.384. The Labute approximate surface area is 123 Å². The maximum atomic E-state index is 11.0. The number of hydrogen-bond donors (Lipinski definition) is 0. The highest BCUT2D eigenvalue weighted by Crippen LogP contribution is 2.31. The zero-order valence-corrected chi connectivity index (χ0v) is 12.1. The van der Waals surface area contributed by atoms with Gasteiger partial charge in [-0.1, -0.05) is 38.0 Å². The predicted molar refractivity (Wildman–Crippen MR) is 85.6 cm³/mol. The number of nitrogens with zero attached hydrogens (tertiary/aromatic N) is 2. The van der Waals surface area contributed by atoms with Gasteiger partial charge in [0.25, 0.3) is 5.69 Å². The fourth-order valence-corrected chi connectivity index (χ4v) is 2.92. The minimum absolute atomic E-state index is 0.152. The van der Waals surface area contributed by atoms with Crippen LogP contribution in [0.3, 0.4) is 0 Å². The van der Waals surface area contributed by atoms with Gasteiger partial charge in [-0.3, -0.25) is 10.1 Å². The van der Waals surface area contributed by atoms with Crippen LogP contribution in [-0.2, 0) is 6.54 Å². The maximum Gasteiger partial charge on any atom is 0.270 e.